The second-order valence-corrected chi connectivity index (χ2v) is 8.35. The lowest BCUT2D eigenvalue weighted by molar-refractivity contribution is -0.118. The van der Waals surface area contributed by atoms with Gasteiger partial charge in [-0.2, -0.15) is 0 Å². The Balaban J connectivity index is 1.52. The van der Waals surface area contributed by atoms with Gasteiger partial charge in [-0.25, -0.2) is 0 Å². The van der Waals surface area contributed by atoms with Gasteiger partial charge in [0.2, 0.25) is 11.0 Å². The number of benzene rings is 3. The standard InChI is InChI=1S/C24H19ClN4O2S/c25-19-14-8-7-13-18(19)23-28-29-24(32-23)27-22(31)20(15-16-9-3-1-4-10-16)26-21(30)17-11-5-2-6-12-17/h1-14,20H,15H2,(H,26,30)(H,27,29,31). The average Bonchev–Trinajstić information content (AvgIpc) is 3.28. The molecule has 0 saturated carbocycles. The smallest absolute Gasteiger partial charge is 0.251 e. The molecule has 2 amide bonds. The molecule has 0 fully saturated rings. The first kappa shape index (κ1) is 21.7. The van der Waals surface area contributed by atoms with Crippen molar-refractivity contribution in [1.29, 1.82) is 0 Å². The largest absolute Gasteiger partial charge is 0.340 e. The van der Waals surface area contributed by atoms with Crippen LogP contribution in [-0.2, 0) is 11.2 Å². The third kappa shape index (κ3) is 5.38. The molecule has 6 nitrogen and oxygen atoms in total. The first-order chi connectivity index (χ1) is 15.6. The quantitative estimate of drug-likeness (QED) is 0.411. The SMILES string of the molecule is O=C(NC(Cc1ccccc1)C(=O)Nc1nnc(-c2ccccc2Cl)s1)c1ccccc1. The minimum Gasteiger partial charge on any atom is -0.340 e. The number of nitrogens with one attached hydrogen (secondary N) is 2. The topological polar surface area (TPSA) is 84.0 Å². The van der Waals surface area contributed by atoms with Crippen LogP contribution in [0.5, 0.6) is 0 Å². The molecule has 160 valence electrons. The van der Waals surface area contributed by atoms with Crippen molar-refractivity contribution < 1.29 is 9.59 Å². The normalized spacial score (nSPS) is 11.5. The Kier molecular flexibility index (Phi) is 6.89. The van der Waals surface area contributed by atoms with E-state index >= 15 is 0 Å². The molecule has 0 saturated heterocycles. The molecule has 8 heteroatoms. The molecular weight excluding hydrogens is 444 g/mol. The molecule has 0 aliphatic heterocycles. The molecule has 0 bridgehead atoms. The summed E-state index contributed by atoms with van der Waals surface area (Å²) in [7, 11) is 0. The Bertz CT molecular complexity index is 1210. The number of nitrogens with zero attached hydrogens (tertiary/aromatic N) is 2. The summed E-state index contributed by atoms with van der Waals surface area (Å²) >= 11 is 7.45. The summed E-state index contributed by atoms with van der Waals surface area (Å²) < 4.78 is 0. The summed E-state index contributed by atoms with van der Waals surface area (Å²) in [6.07, 6.45) is 0.335. The van der Waals surface area contributed by atoms with E-state index in [-0.39, 0.29) is 11.8 Å². The third-order valence-electron chi connectivity index (χ3n) is 4.70. The van der Waals surface area contributed by atoms with Gasteiger partial charge in [0.25, 0.3) is 5.91 Å². The van der Waals surface area contributed by atoms with Gasteiger partial charge in [-0.05, 0) is 23.8 Å². The summed E-state index contributed by atoms with van der Waals surface area (Å²) in [5.41, 5.74) is 2.15. The van der Waals surface area contributed by atoms with E-state index in [9.17, 15) is 9.59 Å². The van der Waals surface area contributed by atoms with Crippen molar-refractivity contribution >= 4 is 39.9 Å². The van der Waals surface area contributed by atoms with Crippen molar-refractivity contribution in [2.75, 3.05) is 5.32 Å². The Morgan fingerprint density at radius 1 is 0.875 bits per heavy atom. The number of amides is 2. The first-order valence-electron chi connectivity index (χ1n) is 9.89. The first-order valence-corrected chi connectivity index (χ1v) is 11.1. The van der Waals surface area contributed by atoms with Crippen LogP contribution >= 0.6 is 22.9 Å². The number of rotatable bonds is 7. The van der Waals surface area contributed by atoms with Crippen LogP contribution in [0.2, 0.25) is 5.02 Å². The predicted molar refractivity (Wildman–Crippen MR) is 127 cm³/mol. The molecule has 3 aromatic carbocycles. The number of aromatic nitrogens is 2. The third-order valence-corrected chi connectivity index (χ3v) is 5.90. The molecule has 0 aliphatic rings. The second-order valence-electron chi connectivity index (χ2n) is 6.96. The monoisotopic (exact) mass is 462 g/mol. The highest BCUT2D eigenvalue weighted by atomic mass is 35.5. The summed E-state index contributed by atoms with van der Waals surface area (Å²) in [6, 6.07) is 24.8. The zero-order chi connectivity index (χ0) is 22.3. The number of carbonyl (C=O) groups excluding carboxylic acids is 2. The summed E-state index contributed by atoms with van der Waals surface area (Å²) in [4.78, 5) is 25.8. The van der Waals surface area contributed by atoms with Crippen LogP contribution in [0.25, 0.3) is 10.6 Å². The molecule has 0 spiro atoms. The van der Waals surface area contributed by atoms with E-state index < -0.39 is 6.04 Å². The Morgan fingerprint density at radius 2 is 1.53 bits per heavy atom. The molecule has 1 heterocycles. The molecule has 4 rings (SSSR count). The highest BCUT2D eigenvalue weighted by molar-refractivity contribution is 7.18. The van der Waals surface area contributed by atoms with E-state index in [4.69, 9.17) is 11.6 Å². The fourth-order valence-electron chi connectivity index (χ4n) is 3.10. The Hall–Kier alpha value is -3.55. The van der Waals surface area contributed by atoms with Gasteiger partial charge in [0, 0.05) is 17.5 Å². The van der Waals surface area contributed by atoms with E-state index in [1.807, 2.05) is 54.6 Å². The van der Waals surface area contributed by atoms with Gasteiger partial charge in [-0.1, -0.05) is 89.7 Å². The van der Waals surface area contributed by atoms with E-state index in [1.54, 1.807) is 30.3 Å². The van der Waals surface area contributed by atoms with Gasteiger partial charge in [0.15, 0.2) is 5.01 Å². The molecule has 0 aliphatic carbocycles. The maximum Gasteiger partial charge on any atom is 0.251 e. The second kappa shape index (κ2) is 10.2. The van der Waals surface area contributed by atoms with Crippen LogP contribution in [0.3, 0.4) is 0 Å². The lowest BCUT2D eigenvalue weighted by Crippen LogP contribution is -2.45. The number of halogens is 1. The Morgan fingerprint density at radius 3 is 2.25 bits per heavy atom. The van der Waals surface area contributed by atoms with Crippen molar-refractivity contribution in [3.63, 3.8) is 0 Å². The maximum atomic E-state index is 13.1. The molecule has 1 unspecified atom stereocenters. The predicted octanol–water partition coefficient (Wildman–Crippen LogP) is 4.84. The number of carbonyl (C=O) groups is 2. The highest BCUT2D eigenvalue weighted by Gasteiger charge is 2.23. The molecule has 4 aromatic rings. The number of hydrogen-bond acceptors (Lipinski definition) is 5. The molecule has 0 radical (unpaired) electrons. The van der Waals surface area contributed by atoms with Gasteiger partial charge in [0.05, 0.1) is 5.02 Å². The van der Waals surface area contributed by atoms with Crippen LogP contribution in [0.1, 0.15) is 15.9 Å². The van der Waals surface area contributed by atoms with Crippen molar-refractivity contribution in [3.05, 3.63) is 101 Å². The summed E-state index contributed by atoms with van der Waals surface area (Å²) in [5.74, 6) is -0.698. The van der Waals surface area contributed by atoms with Gasteiger partial charge < -0.3 is 5.32 Å². The Labute approximate surface area is 194 Å². The van der Waals surface area contributed by atoms with Crippen molar-refractivity contribution in [2.45, 2.75) is 12.5 Å². The average molecular weight is 463 g/mol. The van der Waals surface area contributed by atoms with Crippen LogP contribution < -0.4 is 10.6 Å². The van der Waals surface area contributed by atoms with Gasteiger partial charge in [0.1, 0.15) is 6.04 Å². The fourth-order valence-corrected chi connectivity index (χ4v) is 4.17. The molecular formula is C24H19ClN4O2S. The summed E-state index contributed by atoms with van der Waals surface area (Å²) in [6.45, 7) is 0. The van der Waals surface area contributed by atoms with Gasteiger partial charge in [-0.3, -0.25) is 14.9 Å². The zero-order valence-corrected chi connectivity index (χ0v) is 18.4. The fraction of sp³-hybridized carbons (Fsp3) is 0.0833. The van der Waals surface area contributed by atoms with E-state index in [0.29, 0.717) is 27.1 Å². The molecule has 1 aromatic heterocycles. The van der Waals surface area contributed by atoms with Crippen molar-refractivity contribution in [3.8, 4) is 10.6 Å². The van der Waals surface area contributed by atoms with Crippen LogP contribution in [-0.4, -0.2) is 28.1 Å². The summed E-state index contributed by atoms with van der Waals surface area (Å²) in [5, 5.41) is 15.3. The maximum absolute atomic E-state index is 13.1. The zero-order valence-electron chi connectivity index (χ0n) is 16.9. The van der Waals surface area contributed by atoms with Crippen molar-refractivity contribution in [2.24, 2.45) is 0 Å². The molecule has 32 heavy (non-hydrogen) atoms. The minimum atomic E-state index is -0.794. The van der Waals surface area contributed by atoms with Crippen LogP contribution in [0, 0.1) is 0 Å². The lowest BCUT2D eigenvalue weighted by Gasteiger charge is -2.18. The van der Waals surface area contributed by atoms with Gasteiger partial charge in [-0.15, -0.1) is 10.2 Å². The van der Waals surface area contributed by atoms with E-state index in [1.165, 1.54) is 11.3 Å². The van der Waals surface area contributed by atoms with E-state index in [0.717, 1.165) is 11.1 Å². The van der Waals surface area contributed by atoms with Crippen LogP contribution in [0.4, 0.5) is 5.13 Å². The number of anilines is 1. The van der Waals surface area contributed by atoms with Crippen molar-refractivity contribution in [1.82, 2.24) is 15.5 Å². The molecule has 1 atom stereocenters. The van der Waals surface area contributed by atoms with Crippen LogP contribution in [0.15, 0.2) is 84.9 Å². The van der Waals surface area contributed by atoms with Gasteiger partial charge >= 0.3 is 0 Å². The molecule has 2 N–H and O–H groups in total. The minimum absolute atomic E-state index is 0.323. The van der Waals surface area contributed by atoms with E-state index in [2.05, 4.69) is 20.8 Å². The number of hydrogen-bond donors (Lipinski definition) is 2. The highest BCUT2D eigenvalue weighted by Crippen LogP contribution is 2.31. The lowest BCUT2D eigenvalue weighted by atomic mass is 10.0.